The Hall–Kier alpha value is -1.60. The van der Waals surface area contributed by atoms with Crippen LogP contribution in [0.15, 0.2) is 60.7 Å². The average molecular weight is 226 g/mol. The van der Waals surface area contributed by atoms with Crippen LogP contribution in [0.3, 0.4) is 0 Å². The number of hydrogen-bond acceptors (Lipinski definition) is 1. The fraction of sp³-hybridized carbons (Fsp3) is 0.250. The summed E-state index contributed by atoms with van der Waals surface area (Å²) in [6, 6.07) is 20.7. The van der Waals surface area contributed by atoms with Crippen molar-refractivity contribution in [1.29, 1.82) is 0 Å². The van der Waals surface area contributed by atoms with Crippen LogP contribution in [-0.2, 0) is 11.3 Å². The Balaban J connectivity index is 1.97. The van der Waals surface area contributed by atoms with Gasteiger partial charge in [0, 0.05) is 0 Å². The zero-order chi connectivity index (χ0) is 11.9. The number of rotatable bonds is 5. The molecule has 17 heavy (non-hydrogen) atoms. The molecule has 0 spiro atoms. The van der Waals surface area contributed by atoms with Crippen molar-refractivity contribution < 1.29 is 4.74 Å². The SMILES string of the molecule is CC[C@@H](OCc1ccccc1)c1ccccc1. The average Bonchev–Trinajstić information content (AvgIpc) is 2.42. The van der Waals surface area contributed by atoms with Gasteiger partial charge >= 0.3 is 0 Å². The van der Waals surface area contributed by atoms with Gasteiger partial charge in [-0.05, 0) is 17.5 Å². The molecule has 2 aromatic carbocycles. The number of hydrogen-bond donors (Lipinski definition) is 0. The van der Waals surface area contributed by atoms with Crippen LogP contribution in [0, 0.1) is 0 Å². The molecule has 0 saturated carbocycles. The Morgan fingerprint density at radius 2 is 1.47 bits per heavy atom. The van der Waals surface area contributed by atoms with Crippen LogP contribution in [0.1, 0.15) is 30.6 Å². The lowest BCUT2D eigenvalue weighted by molar-refractivity contribution is 0.0371. The van der Waals surface area contributed by atoms with Gasteiger partial charge in [0.05, 0.1) is 12.7 Å². The van der Waals surface area contributed by atoms with Gasteiger partial charge in [-0.15, -0.1) is 0 Å². The van der Waals surface area contributed by atoms with E-state index < -0.39 is 0 Å². The minimum absolute atomic E-state index is 0.191. The molecule has 2 aromatic rings. The van der Waals surface area contributed by atoms with Gasteiger partial charge in [-0.2, -0.15) is 0 Å². The van der Waals surface area contributed by atoms with Gasteiger partial charge in [0.15, 0.2) is 0 Å². The summed E-state index contributed by atoms with van der Waals surface area (Å²) in [6.07, 6.45) is 1.19. The second-order valence-corrected chi connectivity index (χ2v) is 4.10. The Kier molecular flexibility index (Phi) is 4.34. The van der Waals surface area contributed by atoms with Gasteiger partial charge < -0.3 is 4.74 Å². The molecule has 0 aromatic heterocycles. The monoisotopic (exact) mass is 226 g/mol. The lowest BCUT2D eigenvalue weighted by Gasteiger charge is -2.16. The third-order valence-corrected chi connectivity index (χ3v) is 2.84. The molecule has 1 atom stereocenters. The van der Waals surface area contributed by atoms with Crippen LogP contribution >= 0.6 is 0 Å². The summed E-state index contributed by atoms with van der Waals surface area (Å²) in [5.74, 6) is 0. The maximum Gasteiger partial charge on any atom is 0.0826 e. The molecular weight excluding hydrogens is 208 g/mol. The Morgan fingerprint density at radius 1 is 0.882 bits per heavy atom. The van der Waals surface area contributed by atoms with Crippen LogP contribution in [0.25, 0.3) is 0 Å². The molecule has 0 amide bonds. The minimum atomic E-state index is 0.191. The van der Waals surface area contributed by atoms with Gasteiger partial charge in [0.1, 0.15) is 0 Å². The van der Waals surface area contributed by atoms with E-state index >= 15 is 0 Å². The van der Waals surface area contributed by atoms with E-state index in [2.05, 4.69) is 43.3 Å². The van der Waals surface area contributed by atoms with Crippen LogP contribution in [-0.4, -0.2) is 0 Å². The van der Waals surface area contributed by atoms with Crippen molar-refractivity contribution >= 4 is 0 Å². The summed E-state index contributed by atoms with van der Waals surface area (Å²) in [5.41, 5.74) is 2.48. The molecule has 88 valence electrons. The predicted octanol–water partition coefficient (Wildman–Crippen LogP) is 4.35. The highest BCUT2D eigenvalue weighted by atomic mass is 16.5. The van der Waals surface area contributed by atoms with Crippen molar-refractivity contribution in [1.82, 2.24) is 0 Å². The third kappa shape index (κ3) is 3.43. The molecule has 1 heteroatoms. The standard InChI is InChI=1S/C16H18O/c1-2-16(15-11-7-4-8-12-15)17-13-14-9-5-3-6-10-14/h3-12,16H,2,13H2,1H3/t16-/m1/s1. The van der Waals surface area contributed by atoms with Crippen molar-refractivity contribution in [3.8, 4) is 0 Å². The first kappa shape index (κ1) is 11.9. The summed E-state index contributed by atoms with van der Waals surface area (Å²) in [4.78, 5) is 0. The topological polar surface area (TPSA) is 9.23 Å². The second kappa shape index (κ2) is 6.21. The number of ether oxygens (including phenoxy) is 1. The quantitative estimate of drug-likeness (QED) is 0.736. The molecule has 0 fully saturated rings. The normalized spacial score (nSPS) is 12.3. The highest BCUT2D eigenvalue weighted by molar-refractivity contribution is 5.18. The first-order chi connectivity index (χ1) is 8.40. The van der Waals surface area contributed by atoms with Gasteiger partial charge in [-0.25, -0.2) is 0 Å². The molecule has 0 radical (unpaired) electrons. The first-order valence-electron chi connectivity index (χ1n) is 6.10. The molecule has 2 rings (SSSR count). The fourth-order valence-corrected chi connectivity index (χ4v) is 1.89. The lowest BCUT2D eigenvalue weighted by Crippen LogP contribution is -2.03. The third-order valence-electron chi connectivity index (χ3n) is 2.84. The molecular formula is C16H18O. The molecule has 0 aliphatic carbocycles. The Labute approximate surface area is 103 Å². The molecule has 0 bridgehead atoms. The summed E-state index contributed by atoms with van der Waals surface area (Å²) < 4.78 is 5.96. The van der Waals surface area contributed by atoms with E-state index in [0.717, 1.165) is 6.42 Å². The van der Waals surface area contributed by atoms with E-state index in [1.807, 2.05) is 24.3 Å². The summed E-state index contributed by atoms with van der Waals surface area (Å²) in [7, 11) is 0. The van der Waals surface area contributed by atoms with Gasteiger partial charge in [-0.1, -0.05) is 67.6 Å². The van der Waals surface area contributed by atoms with E-state index in [9.17, 15) is 0 Å². The molecule has 1 nitrogen and oxygen atoms in total. The van der Waals surface area contributed by atoms with E-state index in [-0.39, 0.29) is 6.10 Å². The van der Waals surface area contributed by atoms with E-state index in [4.69, 9.17) is 4.74 Å². The van der Waals surface area contributed by atoms with Gasteiger partial charge in [0.2, 0.25) is 0 Å². The van der Waals surface area contributed by atoms with E-state index in [1.165, 1.54) is 11.1 Å². The molecule has 0 saturated heterocycles. The predicted molar refractivity (Wildman–Crippen MR) is 70.7 cm³/mol. The number of benzene rings is 2. The zero-order valence-electron chi connectivity index (χ0n) is 10.2. The molecule has 0 aliphatic heterocycles. The summed E-state index contributed by atoms with van der Waals surface area (Å²) in [5, 5.41) is 0. The van der Waals surface area contributed by atoms with E-state index in [0.29, 0.717) is 6.61 Å². The van der Waals surface area contributed by atoms with E-state index in [1.54, 1.807) is 0 Å². The zero-order valence-corrected chi connectivity index (χ0v) is 10.2. The highest BCUT2D eigenvalue weighted by Gasteiger charge is 2.08. The Bertz CT molecular complexity index is 422. The highest BCUT2D eigenvalue weighted by Crippen LogP contribution is 2.21. The maximum absolute atomic E-state index is 5.96. The lowest BCUT2D eigenvalue weighted by atomic mass is 10.1. The molecule has 0 aliphatic rings. The van der Waals surface area contributed by atoms with Crippen molar-refractivity contribution in [2.75, 3.05) is 0 Å². The van der Waals surface area contributed by atoms with Crippen LogP contribution < -0.4 is 0 Å². The first-order valence-corrected chi connectivity index (χ1v) is 6.10. The largest absolute Gasteiger partial charge is 0.369 e. The summed E-state index contributed by atoms with van der Waals surface area (Å²) >= 11 is 0. The fourth-order valence-electron chi connectivity index (χ4n) is 1.89. The molecule has 0 heterocycles. The van der Waals surface area contributed by atoms with Crippen LogP contribution in [0.5, 0.6) is 0 Å². The van der Waals surface area contributed by atoms with Crippen molar-refractivity contribution in [3.05, 3.63) is 71.8 Å². The van der Waals surface area contributed by atoms with Crippen molar-refractivity contribution in [2.45, 2.75) is 26.1 Å². The molecule has 0 N–H and O–H groups in total. The molecule has 0 unspecified atom stereocenters. The smallest absolute Gasteiger partial charge is 0.0826 e. The maximum atomic E-state index is 5.96. The summed E-state index contributed by atoms with van der Waals surface area (Å²) in [6.45, 7) is 2.83. The van der Waals surface area contributed by atoms with Crippen LogP contribution in [0.4, 0.5) is 0 Å². The van der Waals surface area contributed by atoms with Crippen molar-refractivity contribution in [2.24, 2.45) is 0 Å². The van der Waals surface area contributed by atoms with Crippen LogP contribution in [0.2, 0.25) is 0 Å². The Morgan fingerprint density at radius 3 is 2.06 bits per heavy atom. The minimum Gasteiger partial charge on any atom is -0.369 e. The second-order valence-electron chi connectivity index (χ2n) is 4.10. The van der Waals surface area contributed by atoms with Crippen molar-refractivity contribution in [3.63, 3.8) is 0 Å². The van der Waals surface area contributed by atoms with Gasteiger partial charge in [-0.3, -0.25) is 0 Å². The van der Waals surface area contributed by atoms with Gasteiger partial charge in [0.25, 0.3) is 0 Å².